The zero-order chi connectivity index (χ0) is 14.1. The summed E-state index contributed by atoms with van der Waals surface area (Å²) in [4.78, 5) is 6.73. The van der Waals surface area contributed by atoms with Gasteiger partial charge in [-0.3, -0.25) is 0 Å². The summed E-state index contributed by atoms with van der Waals surface area (Å²) in [6.45, 7) is 4.70. The first kappa shape index (κ1) is 13.0. The highest BCUT2D eigenvalue weighted by Gasteiger charge is 2.22. The summed E-state index contributed by atoms with van der Waals surface area (Å²) in [5, 5.41) is 0. The number of anilines is 1. The molecule has 0 radical (unpaired) electrons. The molecule has 2 N–H and O–H groups in total. The van der Waals surface area contributed by atoms with Crippen molar-refractivity contribution >= 4 is 5.69 Å². The Balaban J connectivity index is 1.99. The molecular weight excluding hydrogens is 252 g/mol. The van der Waals surface area contributed by atoms with Crippen LogP contribution in [0.4, 0.5) is 5.69 Å². The van der Waals surface area contributed by atoms with Gasteiger partial charge in [0.2, 0.25) is 0 Å². The van der Waals surface area contributed by atoms with Crippen molar-refractivity contribution < 1.29 is 4.74 Å². The molecule has 5 heteroatoms. The second-order valence-electron chi connectivity index (χ2n) is 5.14. The minimum Gasteiger partial charge on any atom is -0.496 e. The van der Waals surface area contributed by atoms with E-state index < -0.39 is 0 Å². The summed E-state index contributed by atoms with van der Waals surface area (Å²) in [5.41, 5.74) is 8.36. The number of benzene rings is 1. The lowest BCUT2D eigenvalue weighted by molar-refractivity contribution is 0.406. The maximum Gasteiger partial charge on any atom is 0.128 e. The maximum atomic E-state index is 6.14. The van der Waals surface area contributed by atoms with Gasteiger partial charge in [0, 0.05) is 42.8 Å². The molecule has 0 spiro atoms. The Labute approximate surface area is 119 Å². The van der Waals surface area contributed by atoms with Crippen LogP contribution in [0.15, 0.2) is 30.6 Å². The third-order valence-electron chi connectivity index (χ3n) is 3.80. The molecule has 0 saturated carbocycles. The number of hydrogen-bond acceptors (Lipinski definition) is 4. The third-order valence-corrected chi connectivity index (χ3v) is 3.80. The van der Waals surface area contributed by atoms with Crippen molar-refractivity contribution in [3.05, 3.63) is 42.0 Å². The lowest BCUT2D eigenvalue weighted by atomic mass is 10.0. The van der Waals surface area contributed by atoms with Crippen molar-refractivity contribution in [2.45, 2.75) is 26.1 Å². The molecule has 0 saturated heterocycles. The van der Waals surface area contributed by atoms with E-state index in [1.165, 1.54) is 0 Å². The third kappa shape index (κ3) is 2.14. The molecular formula is C15H20N4O. The van der Waals surface area contributed by atoms with Crippen molar-refractivity contribution in [2.24, 2.45) is 5.73 Å². The van der Waals surface area contributed by atoms with Gasteiger partial charge in [-0.1, -0.05) is 6.07 Å². The minimum absolute atomic E-state index is 0.0668. The number of nitrogens with two attached hydrogens (primary N) is 1. The van der Waals surface area contributed by atoms with Gasteiger partial charge in [0.1, 0.15) is 11.6 Å². The average molecular weight is 272 g/mol. The first-order valence-electron chi connectivity index (χ1n) is 6.88. The second-order valence-corrected chi connectivity index (χ2v) is 5.14. The van der Waals surface area contributed by atoms with E-state index in [-0.39, 0.29) is 6.04 Å². The van der Waals surface area contributed by atoms with Crippen molar-refractivity contribution in [3.63, 3.8) is 0 Å². The monoisotopic (exact) mass is 272 g/mol. The second kappa shape index (κ2) is 5.17. The first-order valence-corrected chi connectivity index (χ1v) is 6.88. The maximum absolute atomic E-state index is 6.14. The van der Waals surface area contributed by atoms with E-state index in [4.69, 9.17) is 10.5 Å². The fourth-order valence-corrected chi connectivity index (χ4v) is 2.82. The van der Waals surface area contributed by atoms with Gasteiger partial charge >= 0.3 is 0 Å². The molecule has 0 unspecified atom stereocenters. The van der Waals surface area contributed by atoms with Crippen LogP contribution in [0.1, 0.15) is 24.4 Å². The number of nitrogens with zero attached hydrogens (tertiary/aromatic N) is 3. The van der Waals surface area contributed by atoms with E-state index in [0.29, 0.717) is 0 Å². The fourth-order valence-electron chi connectivity index (χ4n) is 2.82. The average Bonchev–Trinajstić information content (AvgIpc) is 2.93. The van der Waals surface area contributed by atoms with E-state index >= 15 is 0 Å². The van der Waals surface area contributed by atoms with E-state index in [2.05, 4.69) is 20.5 Å². The largest absolute Gasteiger partial charge is 0.496 e. The van der Waals surface area contributed by atoms with Gasteiger partial charge < -0.3 is 19.9 Å². The molecule has 1 atom stereocenters. The molecule has 5 nitrogen and oxygen atoms in total. The molecule has 0 bridgehead atoms. The Kier molecular flexibility index (Phi) is 3.36. The molecule has 1 aliphatic rings. The summed E-state index contributed by atoms with van der Waals surface area (Å²) in [7, 11) is 1.69. The molecule has 0 fully saturated rings. The van der Waals surface area contributed by atoms with Gasteiger partial charge in [-0.25, -0.2) is 4.98 Å². The smallest absolute Gasteiger partial charge is 0.128 e. The minimum atomic E-state index is -0.0668. The van der Waals surface area contributed by atoms with Crippen molar-refractivity contribution in [3.8, 4) is 5.75 Å². The molecule has 0 aliphatic carbocycles. The van der Waals surface area contributed by atoms with Crippen molar-refractivity contribution in [1.82, 2.24) is 9.55 Å². The van der Waals surface area contributed by atoms with E-state index in [1.54, 1.807) is 7.11 Å². The van der Waals surface area contributed by atoms with E-state index in [1.807, 2.05) is 31.5 Å². The molecule has 2 aromatic rings. The van der Waals surface area contributed by atoms with Crippen molar-refractivity contribution in [1.29, 1.82) is 0 Å². The van der Waals surface area contributed by atoms with Crippen LogP contribution in [-0.2, 0) is 13.1 Å². The van der Waals surface area contributed by atoms with Gasteiger partial charge in [-0.05, 0) is 19.1 Å². The number of fused-ring (bicyclic) bond motifs is 1. The number of rotatable bonds is 3. The highest BCUT2D eigenvalue weighted by molar-refractivity contribution is 5.61. The molecule has 0 amide bonds. The topological polar surface area (TPSA) is 56.3 Å². The summed E-state index contributed by atoms with van der Waals surface area (Å²) in [5.74, 6) is 1.95. The summed E-state index contributed by atoms with van der Waals surface area (Å²) >= 11 is 0. The summed E-state index contributed by atoms with van der Waals surface area (Å²) < 4.78 is 7.66. The van der Waals surface area contributed by atoms with Crippen LogP contribution in [-0.4, -0.2) is 23.2 Å². The number of hydrogen-bond donors (Lipinski definition) is 1. The van der Waals surface area contributed by atoms with Crippen molar-refractivity contribution in [2.75, 3.05) is 18.6 Å². The lowest BCUT2D eigenvalue weighted by Crippen LogP contribution is -2.34. The fraction of sp³-hybridized carbons (Fsp3) is 0.400. The van der Waals surface area contributed by atoms with Gasteiger partial charge in [0.25, 0.3) is 0 Å². The van der Waals surface area contributed by atoms with Gasteiger partial charge in [0.05, 0.1) is 13.7 Å². The van der Waals surface area contributed by atoms with Crippen LogP contribution >= 0.6 is 0 Å². The quantitative estimate of drug-likeness (QED) is 0.927. The highest BCUT2D eigenvalue weighted by Crippen LogP contribution is 2.34. The summed E-state index contributed by atoms with van der Waals surface area (Å²) in [6.07, 6.45) is 3.89. The predicted molar refractivity (Wildman–Crippen MR) is 78.9 cm³/mol. The van der Waals surface area contributed by atoms with Gasteiger partial charge in [-0.2, -0.15) is 0 Å². The van der Waals surface area contributed by atoms with Crippen LogP contribution in [0.3, 0.4) is 0 Å². The zero-order valence-electron chi connectivity index (χ0n) is 11.9. The number of ether oxygens (including phenoxy) is 1. The van der Waals surface area contributed by atoms with Crippen LogP contribution in [0.25, 0.3) is 0 Å². The standard InChI is InChI=1S/C15H20N4O/c1-11(16)15-12(4-3-5-13(15)20-2)19-9-8-18-7-6-17-14(18)10-19/h3-7,11H,8-10,16H2,1-2H3/t11-/m0/s1. The van der Waals surface area contributed by atoms with Crippen LogP contribution in [0.2, 0.25) is 0 Å². The number of imidazole rings is 1. The Morgan fingerprint density at radius 3 is 2.95 bits per heavy atom. The Morgan fingerprint density at radius 2 is 2.20 bits per heavy atom. The molecule has 2 heterocycles. The molecule has 20 heavy (non-hydrogen) atoms. The summed E-state index contributed by atoms with van der Waals surface area (Å²) in [6, 6.07) is 6.02. The number of methoxy groups -OCH3 is 1. The zero-order valence-corrected chi connectivity index (χ0v) is 11.9. The molecule has 1 aromatic carbocycles. The Bertz CT molecular complexity index is 606. The molecule has 1 aliphatic heterocycles. The first-order chi connectivity index (χ1) is 9.70. The normalized spacial score (nSPS) is 15.8. The van der Waals surface area contributed by atoms with Gasteiger partial charge in [-0.15, -0.1) is 0 Å². The molecule has 1 aromatic heterocycles. The van der Waals surface area contributed by atoms with E-state index in [0.717, 1.165) is 42.5 Å². The predicted octanol–water partition coefficient (Wildman–Crippen LogP) is 1.93. The molecule has 3 rings (SSSR count). The SMILES string of the molecule is COc1cccc(N2CCn3ccnc3C2)c1[C@H](C)N. The van der Waals surface area contributed by atoms with Crippen LogP contribution < -0.4 is 15.4 Å². The molecule has 106 valence electrons. The van der Waals surface area contributed by atoms with Gasteiger partial charge in [0.15, 0.2) is 0 Å². The highest BCUT2D eigenvalue weighted by atomic mass is 16.5. The Morgan fingerprint density at radius 1 is 1.35 bits per heavy atom. The van der Waals surface area contributed by atoms with Crippen LogP contribution in [0, 0.1) is 0 Å². The lowest BCUT2D eigenvalue weighted by Gasteiger charge is -2.32. The Hall–Kier alpha value is -2.01. The van der Waals surface area contributed by atoms with E-state index in [9.17, 15) is 0 Å². The van der Waals surface area contributed by atoms with Crippen LogP contribution in [0.5, 0.6) is 5.75 Å². The number of aromatic nitrogens is 2.